The van der Waals surface area contributed by atoms with Crippen molar-refractivity contribution in [3.8, 4) is 5.75 Å². The van der Waals surface area contributed by atoms with E-state index in [1.54, 1.807) is 31.2 Å². The van der Waals surface area contributed by atoms with Crippen LogP contribution in [0.4, 0.5) is 0 Å². The number of hydrogen-bond donors (Lipinski definition) is 1. The third-order valence-electron chi connectivity index (χ3n) is 4.30. The standard InChI is InChI=1S/C24H23NO4/c1-18(23(26)25-16-19-8-4-2-5-9-19)29-24(27)21-12-14-22(15-13-21)28-17-20-10-6-3-7-11-20/h2-15,18H,16-17H2,1H3,(H,25,26). The van der Waals surface area contributed by atoms with E-state index < -0.39 is 12.1 Å². The molecule has 3 rings (SSSR count). The number of amides is 1. The molecule has 29 heavy (non-hydrogen) atoms. The lowest BCUT2D eigenvalue weighted by molar-refractivity contribution is -0.129. The van der Waals surface area contributed by atoms with Crippen LogP contribution in [0.1, 0.15) is 28.4 Å². The minimum atomic E-state index is -0.889. The van der Waals surface area contributed by atoms with Crippen molar-refractivity contribution in [3.63, 3.8) is 0 Å². The number of carbonyl (C=O) groups is 2. The molecule has 0 radical (unpaired) electrons. The number of hydrogen-bond acceptors (Lipinski definition) is 4. The lowest BCUT2D eigenvalue weighted by atomic mass is 10.2. The summed E-state index contributed by atoms with van der Waals surface area (Å²) in [7, 11) is 0. The van der Waals surface area contributed by atoms with Crippen molar-refractivity contribution < 1.29 is 19.1 Å². The average Bonchev–Trinajstić information content (AvgIpc) is 2.77. The third kappa shape index (κ3) is 6.21. The van der Waals surface area contributed by atoms with E-state index >= 15 is 0 Å². The van der Waals surface area contributed by atoms with Gasteiger partial charge in [-0.2, -0.15) is 0 Å². The number of ether oxygens (including phenoxy) is 2. The molecule has 5 heteroatoms. The smallest absolute Gasteiger partial charge is 0.338 e. The Morgan fingerprint density at radius 3 is 2.03 bits per heavy atom. The van der Waals surface area contributed by atoms with Gasteiger partial charge in [0.1, 0.15) is 12.4 Å². The second-order valence-corrected chi connectivity index (χ2v) is 6.55. The van der Waals surface area contributed by atoms with E-state index in [4.69, 9.17) is 9.47 Å². The predicted octanol–water partition coefficient (Wildman–Crippen LogP) is 4.13. The minimum Gasteiger partial charge on any atom is -0.489 e. The first-order valence-electron chi connectivity index (χ1n) is 9.41. The maximum absolute atomic E-state index is 12.3. The van der Waals surface area contributed by atoms with Gasteiger partial charge in [0.2, 0.25) is 0 Å². The summed E-state index contributed by atoms with van der Waals surface area (Å²) < 4.78 is 11.0. The Morgan fingerprint density at radius 1 is 0.828 bits per heavy atom. The fourth-order valence-corrected chi connectivity index (χ4v) is 2.64. The Morgan fingerprint density at radius 2 is 1.41 bits per heavy atom. The van der Waals surface area contributed by atoms with Crippen molar-refractivity contribution in [1.82, 2.24) is 5.32 Å². The Labute approximate surface area is 170 Å². The van der Waals surface area contributed by atoms with Crippen molar-refractivity contribution in [1.29, 1.82) is 0 Å². The first-order chi connectivity index (χ1) is 14.1. The minimum absolute atomic E-state index is 0.343. The van der Waals surface area contributed by atoms with Crippen LogP contribution in [0.5, 0.6) is 5.75 Å². The van der Waals surface area contributed by atoms with Gasteiger partial charge in [0.05, 0.1) is 5.56 Å². The predicted molar refractivity (Wildman–Crippen MR) is 110 cm³/mol. The van der Waals surface area contributed by atoms with Crippen LogP contribution in [-0.2, 0) is 22.7 Å². The van der Waals surface area contributed by atoms with Gasteiger partial charge in [-0.15, -0.1) is 0 Å². The summed E-state index contributed by atoms with van der Waals surface area (Å²) >= 11 is 0. The van der Waals surface area contributed by atoms with Gasteiger partial charge in [0, 0.05) is 6.54 Å². The van der Waals surface area contributed by atoms with Gasteiger partial charge in [-0.05, 0) is 42.3 Å². The van der Waals surface area contributed by atoms with Gasteiger partial charge >= 0.3 is 5.97 Å². The molecule has 3 aromatic rings. The number of carbonyl (C=O) groups excluding carboxylic acids is 2. The quantitative estimate of drug-likeness (QED) is 0.589. The maximum atomic E-state index is 12.3. The molecule has 0 aliphatic rings. The normalized spacial score (nSPS) is 11.3. The molecule has 3 aromatic carbocycles. The topological polar surface area (TPSA) is 64.6 Å². The Hall–Kier alpha value is -3.60. The molecule has 5 nitrogen and oxygen atoms in total. The molecule has 0 fully saturated rings. The van der Waals surface area contributed by atoms with Crippen LogP contribution in [0.25, 0.3) is 0 Å². The summed E-state index contributed by atoms with van der Waals surface area (Å²) in [5, 5.41) is 2.76. The number of rotatable bonds is 8. The van der Waals surface area contributed by atoms with Crippen LogP contribution in [0.15, 0.2) is 84.9 Å². The molecule has 0 aliphatic carbocycles. The number of esters is 1. The van der Waals surface area contributed by atoms with Crippen LogP contribution < -0.4 is 10.1 Å². The molecule has 0 heterocycles. The molecule has 0 aliphatic heterocycles. The second kappa shape index (κ2) is 10.1. The average molecular weight is 389 g/mol. The zero-order valence-corrected chi connectivity index (χ0v) is 16.2. The molecule has 0 spiro atoms. The van der Waals surface area contributed by atoms with Crippen LogP contribution in [0, 0.1) is 0 Å². The van der Waals surface area contributed by atoms with E-state index in [0.29, 0.717) is 24.5 Å². The van der Waals surface area contributed by atoms with E-state index in [2.05, 4.69) is 5.32 Å². The van der Waals surface area contributed by atoms with Crippen LogP contribution in [-0.4, -0.2) is 18.0 Å². The van der Waals surface area contributed by atoms with Gasteiger partial charge in [-0.25, -0.2) is 4.79 Å². The molecule has 0 saturated carbocycles. The van der Waals surface area contributed by atoms with E-state index in [-0.39, 0.29) is 5.91 Å². The molecular weight excluding hydrogens is 366 g/mol. The molecule has 1 amide bonds. The van der Waals surface area contributed by atoms with Crippen molar-refractivity contribution in [2.45, 2.75) is 26.2 Å². The highest BCUT2D eigenvalue weighted by atomic mass is 16.5. The largest absolute Gasteiger partial charge is 0.489 e. The SMILES string of the molecule is CC(OC(=O)c1ccc(OCc2ccccc2)cc1)C(=O)NCc1ccccc1. The molecule has 0 aromatic heterocycles. The van der Waals surface area contributed by atoms with Crippen LogP contribution >= 0.6 is 0 Å². The highest BCUT2D eigenvalue weighted by molar-refractivity contribution is 5.92. The zero-order valence-electron chi connectivity index (χ0n) is 16.2. The van der Waals surface area contributed by atoms with Gasteiger partial charge in [-0.1, -0.05) is 60.7 Å². The molecule has 1 atom stereocenters. The maximum Gasteiger partial charge on any atom is 0.338 e. The van der Waals surface area contributed by atoms with E-state index in [0.717, 1.165) is 11.1 Å². The fraction of sp³-hybridized carbons (Fsp3) is 0.167. The summed E-state index contributed by atoms with van der Waals surface area (Å²) in [5.74, 6) is -0.244. The monoisotopic (exact) mass is 389 g/mol. The van der Waals surface area contributed by atoms with Gasteiger partial charge in [0.15, 0.2) is 6.10 Å². The number of nitrogens with one attached hydrogen (secondary N) is 1. The van der Waals surface area contributed by atoms with Crippen LogP contribution in [0.3, 0.4) is 0 Å². The Bertz CT molecular complexity index is 924. The summed E-state index contributed by atoms with van der Waals surface area (Å²) in [6, 6.07) is 26.0. The molecule has 148 valence electrons. The highest BCUT2D eigenvalue weighted by Gasteiger charge is 2.18. The lowest BCUT2D eigenvalue weighted by Crippen LogP contribution is -2.35. The zero-order chi connectivity index (χ0) is 20.5. The number of benzene rings is 3. The van der Waals surface area contributed by atoms with Crippen molar-refractivity contribution in [3.05, 3.63) is 102 Å². The molecule has 1 unspecified atom stereocenters. The van der Waals surface area contributed by atoms with Gasteiger partial charge < -0.3 is 14.8 Å². The summed E-state index contributed by atoms with van der Waals surface area (Å²) in [5.41, 5.74) is 2.40. The van der Waals surface area contributed by atoms with Gasteiger partial charge in [-0.3, -0.25) is 4.79 Å². The Kier molecular flexibility index (Phi) is 7.00. The van der Waals surface area contributed by atoms with E-state index in [1.165, 1.54) is 0 Å². The van der Waals surface area contributed by atoms with E-state index in [9.17, 15) is 9.59 Å². The highest BCUT2D eigenvalue weighted by Crippen LogP contribution is 2.15. The van der Waals surface area contributed by atoms with Crippen molar-refractivity contribution in [2.75, 3.05) is 0 Å². The molecule has 1 N–H and O–H groups in total. The molecule has 0 bridgehead atoms. The fourth-order valence-electron chi connectivity index (χ4n) is 2.64. The van der Waals surface area contributed by atoms with Gasteiger partial charge in [0.25, 0.3) is 5.91 Å². The first-order valence-corrected chi connectivity index (χ1v) is 9.41. The second-order valence-electron chi connectivity index (χ2n) is 6.55. The first kappa shape index (κ1) is 20.1. The van der Waals surface area contributed by atoms with Crippen molar-refractivity contribution in [2.24, 2.45) is 0 Å². The lowest BCUT2D eigenvalue weighted by Gasteiger charge is -2.14. The molecule has 0 saturated heterocycles. The Balaban J connectivity index is 1.47. The summed E-state index contributed by atoms with van der Waals surface area (Å²) in [4.78, 5) is 24.4. The summed E-state index contributed by atoms with van der Waals surface area (Å²) in [6.07, 6.45) is -0.889. The molecular formula is C24H23NO4. The third-order valence-corrected chi connectivity index (χ3v) is 4.30. The van der Waals surface area contributed by atoms with Crippen molar-refractivity contribution >= 4 is 11.9 Å². The summed E-state index contributed by atoms with van der Waals surface area (Å²) in [6.45, 7) is 2.38. The van der Waals surface area contributed by atoms with E-state index in [1.807, 2.05) is 60.7 Å². The van der Waals surface area contributed by atoms with Crippen LogP contribution in [0.2, 0.25) is 0 Å².